The lowest BCUT2D eigenvalue weighted by Gasteiger charge is -2.23. The fourth-order valence-electron chi connectivity index (χ4n) is 1.75. The lowest BCUT2D eigenvalue weighted by molar-refractivity contribution is 0.0506. The second-order valence-corrected chi connectivity index (χ2v) is 6.73. The minimum atomic E-state index is -0.506. The quantitative estimate of drug-likeness (QED) is 0.883. The molecule has 0 saturated heterocycles. The van der Waals surface area contributed by atoms with Crippen LogP contribution in [-0.2, 0) is 11.2 Å². The summed E-state index contributed by atoms with van der Waals surface area (Å²) in [5, 5.41) is 2.81. The van der Waals surface area contributed by atoms with E-state index in [1.807, 2.05) is 39.8 Å². The van der Waals surface area contributed by atoms with E-state index in [-0.39, 0.29) is 6.04 Å². The van der Waals surface area contributed by atoms with Crippen LogP contribution >= 0.6 is 15.9 Å². The van der Waals surface area contributed by atoms with Gasteiger partial charge in [-0.05, 0) is 51.3 Å². The van der Waals surface area contributed by atoms with Crippen molar-refractivity contribution < 1.29 is 9.53 Å². The van der Waals surface area contributed by atoms with Crippen molar-refractivity contribution in [2.45, 2.75) is 45.8 Å². The molecule has 20 heavy (non-hydrogen) atoms. The first-order chi connectivity index (χ1) is 9.21. The van der Waals surface area contributed by atoms with E-state index in [9.17, 15) is 4.79 Å². The van der Waals surface area contributed by atoms with Gasteiger partial charge in [-0.2, -0.15) is 0 Å². The number of nitrogens with two attached hydrogens (primary N) is 1. The highest BCUT2D eigenvalue weighted by Gasteiger charge is 2.19. The first-order valence-electron chi connectivity index (χ1n) is 6.66. The number of halogens is 1. The van der Waals surface area contributed by atoms with Gasteiger partial charge in [0, 0.05) is 17.1 Å². The van der Waals surface area contributed by atoms with E-state index in [1.54, 1.807) is 0 Å². The van der Waals surface area contributed by atoms with Crippen LogP contribution < -0.4 is 11.1 Å². The second-order valence-electron chi connectivity index (χ2n) is 5.88. The maximum atomic E-state index is 11.8. The molecule has 0 radical (unpaired) electrons. The van der Waals surface area contributed by atoms with Crippen molar-refractivity contribution in [2.24, 2.45) is 5.73 Å². The predicted octanol–water partition coefficient (Wildman–Crippen LogP) is 3.15. The molecule has 0 aliphatic carbocycles. The monoisotopic (exact) mass is 342 g/mol. The highest BCUT2D eigenvalue weighted by molar-refractivity contribution is 9.10. The van der Waals surface area contributed by atoms with Gasteiger partial charge in [0.25, 0.3) is 0 Å². The van der Waals surface area contributed by atoms with Crippen LogP contribution in [0.3, 0.4) is 0 Å². The molecule has 0 heterocycles. The minimum Gasteiger partial charge on any atom is -0.444 e. The average Bonchev–Trinajstić information content (AvgIpc) is 2.29. The number of benzene rings is 1. The Morgan fingerprint density at radius 2 is 2.10 bits per heavy atom. The molecule has 0 saturated carbocycles. The number of alkyl carbamates (subject to hydrolysis) is 1. The summed E-state index contributed by atoms with van der Waals surface area (Å²) in [5.74, 6) is 0. The first-order valence-corrected chi connectivity index (χ1v) is 7.45. The molecular weight excluding hydrogens is 320 g/mol. The third-order valence-electron chi connectivity index (χ3n) is 2.68. The standard InChI is InChI=1S/C15H23BrN2O2/c1-10-5-6-11(13(16)7-10)8-12(9-17)18-14(19)20-15(2,3)4/h5-7,12H,8-9,17H2,1-4H3,(H,18,19). The van der Waals surface area contributed by atoms with Crippen LogP contribution in [0, 0.1) is 6.92 Å². The average molecular weight is 343 g/mol. The van der Waals surface area contributed by atoms with Crippen LogP contribution in [-0.4, -0.2) is 24.3 Å². The predicted molar refractivity (Wildman–Crippen MR) is 84.8 cm³/mol. The van der Waals surface area contributed by atoms with Crippen molar-refractivity contribution in [3.63, 3.8) is 0 Å². The van der Waals surface area contributed by atoms with Gasteiger partial charge in [-0.1, -0.05) is 28.1 Å². The Bertz CT molecular complexity index is 469. The highest BCUT2D eigenvalue weighted by Crippen LogP contribution is 2.19. The van der Waals surface area contributed by atoms with Crippen molar-refractivity contribution in [2.75, 3.05) is 6.54 Å². The van der Waals surface area contributed by atoms with E-state index < -0.39 is 11.7 Å². The molecule has 0 bridgehead atoms. The number of ether oxygens (including phenoxy) is 1. The molecule has 3 N–H and O–H groups in total. The molecule has 5 heteroatoms. The number of hydrogen-bond acceptors (Lipinski definition) is 3. The number of carbonyl (C=O) groups is 1. The number of rotatable bonds is 4. The first kappa shape index (κ1) is 17.0. The van der Waals surface area contributed by atoms with Crippen molar-refractivity contribution in [1.82, 2.24) is 5.32 Å². The Labute approximate surface area is 129 Å². The van der Waals surface area contributed by atoms with Crippen LogP contribution in [0.2, 0.25) is 0 Å². The molecule has 0 aliphatic rings. The molecule has 1 rings (SSSR count). The number of nitrogens with one attached hydrogen (secondary N) is 1. The van der Waals surface area contributed by atoms with Gasteiger partial charge < -0.3 is 15.8 Å². The van der Waals surface area contributed by atoms with E-state index in [4.69, 9.17) is 10.5 Å². The third kappa shape index (κ3) is 5.92. The smallest absolute Gasteiger partial charge is 0.407 e. The summed E-state index contributed by atoms with van der Waals surface area (Å²) in [6.45, 7) is 7.90. The van der Waals surface area contributed by atoms with Crippen molar-refractivity contribution in [3.8, 4) is 0 Å². The number of hydrogen-bond donors (Lipinski definition) is 2. The molecule has 4 nitrogen and oxygen atoms in total. The second kappa shape index (κ2) is 7.09. The SMILES string of the molecule is Cc1ccc(CC(CN)NC(=O)OC(C)(C)C)c(Br)c1. The van der Waals surface area contributed by atoms with E-state index >= 15 is 0 Å². The molecule has 1 aromatic rings. The van der Waals surface area contributed by atoms with Gasteiger partial charge in [0.1, 0.15) is 5.60 Å². The van der Waals surface area contributed by atoms with Crippen LogP contribution in [0.4, 0.5) is 4.79 Å². The van der Waals surface area contributed by atoms with Gasteiger partial charge in [0.2, 0.25) is 0 Å². The molecule has 0 aliphatic heterocycles. The summed E-state index contributed by atoms with van der Waals surface area (Å²) in [7, 11) is 0. The van der Waals surface area contributed by atoms with Crippen molar-refractivity contribution in [1.29, 1.82) is 0 Å². The third-order valence-corrected chi connectivity index (χ3v) is 3.42. The van der Waals surface area contributed by atoms with E-state index in [0.717, 1.165) is 10.0 Å². The molecule has 1 amide bonds. The van der Waals surface area contributed by atoms with Crippen molar-refractivity contribution >= 4 is 22.0 Å². The lowest BCUT2D eigenvalue weighted by Crippen LogP contribution is -2.44. The summed E-state index contributed by atoms with van der Waals surface area (Å²) in [5.41, 5.74) is 7.52. The summed E-state index contributed by atoms with van der Waals surface area (Å²) in [6.07, 6.45) is 0.229. The van der Waals surface area contributed by atoms with Gasteiger partial charge in [-0.15, -0.1) is 0 Å². The van der Waals surface area contributed by atoms with Gasteiger partial charge in [0.15, 0.2) is 0 Å². The summed E-state index contributed by atoms with van der Waals surface area (Å²) in [4.78, 5) is 11.8. The van der Waals surface area contributed by atoms with E-state index in [1.165, 1.54) is 5.56 Å². The fourth-order valence-corrected chi connectivity index (χ4v) is 2.41. The van der Waals surface area contributed by atoms with Crippen LogP contribution in [0.5, 0.6) is 0 Å². The summed E-state index contributed by atoms with van der Waals surface area (Å²) in [6, 6.07) is 5.99. The Morgan fingerprint density at radius 1 is 1.45 bits per heavy atom. The Morgan fingerprint density at radius 3 is 2.60 bits per heavy atom. The zero-order chi connectivity index (χ0) is 15.3. The molecule has 1 atom stereocenters. The van der Waals surface area contributed by atoms with E-state index in [0.29, 0.717) is 13.0 Å². The van der Waals surface area contributed by atoms with Crippen LogP contribution in [0.15, 0.2) is 22.7 Å². The molecule has 1 unspecified atom stereocenters. The largest absolute Gasteiger partial charge is 0.444 e. The Balaban J connectivity index is 2.65. The molecular formula is C15H23BrN2O2. The fraction of sp³-hybridized carbons (Fsp3) is 0.533. The summed E-state index contributed by atoms with van der Waals surface area (Å²) < 4.78 is 6.27. The van der Waals surface area contributed by atoms with Gasteiger partial charge in [-0.3, -0.25) is 0 Å². The molecule has 0 fully saturated rings. The van der Waals surface area contributed by atoms with E-state index in [2.05, 4.69) is 27.3 Å². The number of amides is 1. The maximum absolute atomic E-state index is 11.8. The van der Waals surface area contributed by atoms with Crippen LogP contribution in [0.1, 0.15) is 31.9 Å². The van der Waals surface area contributed by atoms with Gasteiger partial charge >= 0.3 is 6.09 Å². The normalized spacial score (nSPS) is 12.9. The topological polar surface area (TPSA) is 64.3 Å². The molecule has 1 aromatic carbocycles. The number of carbonyl (C=O) groups excluding carboxylic acids is 1. The Hall–Kier alpha value is -1.07. The minimum absolute atomic E-state index is 0.149. The zero-order valence-corrected chi connectivity index (χ0v) is 14.1. The Kier molecular flexibility index (Phi) is 6.02. The van der Waals surface area contributed by atoms with Gasteiger partial charge in [-0.25, -0.2) is 4.79 Å². The zero-order valence-electron chi connectivity index (χ0n) is 12.5. The molecule has 112 valence electrons. The maximum Gasteiger partial charge on any atom is 0.407 e. The molecule has 0 spiro atoms. The summed E-state index contributed by atoms with van der Waals surface area (Å²) >= 11 is 3.54. The number of aryl methyl sites for hydroxylation is 1. The van der Waals surface area contributed by atoms with Crippen molar-refractivity contribution in [3.05, 3.63) is 33.8 Å². The lowest BCUT2D eigenvalue weighted by atomic mass is 10.0. The van der Waals surface area contributed by atoms with Crippen LogP contribution in [0.25, 0.3) is 0 Å². The molecule has 0 aromatic heterocycles. The van der Waals surface area contributed by atoms with Gasteiger partial charge in [0.05, 0.1) is 0 Å². The highest BCUT2D eigenvalue weighted by atomic mass is 79.9.